The molecule has 2 aromatic rings. The van der Waals surface area contributed by atoms with Gasteiger partial charge >= 0.3 is 0 Å². The zero-order valence-corrected chi connectivity index (χ0v) is 16.5. The lowest BCUT2D eigenvalue weighted by Gasteiger charge is -2.30. The Balaban J connectivity index is 1.46. The molecule has 3 aliphatic rings. The van der Waals surface area contributed by atoms with E-state index in [9.17, 15) is 9.18 Å². The molecular formula is C22H27FN4O. The van der Waals surface area contributed by atoms with Crippen LogP contribution in [0.2, 0.25) is 0 Å². The van der Waals surface area contributed by atoms with Gasteiger partial charge in [0.15, 0.2) is 0 Å². The van der Waals surface area contributed by atoms with Crippen molar-refractivity contribution in [1.29, 1.82) is 0 Å². The van der Waals surface area contributed by atoms with Gasteiger partial charge in [-0.3, -0.25) is 4.79 Å². The first kappa shape index (κ1) is 17.9. The first-order valence-electron chi connectivity index (χ1n) is 10.2. The zero-order chi connectivity index (χ0) is 19.5. The zero-order valence-electron chi connectivity index (χ0n) is 16.5. The summed E-state index contributed by atoms with van der Waals surface area (Å²) in [4.78, 5) is 15.3. The predicted molar refractivity (Wildman–Crippen MR) is 104 cm³/mol. The molecule has 1 spiro atoms. The number of para-hydroxylation sites is 1. The second-order valence-corrected chi connectivity index (χ2v) is 9.56. The Morgan fingerprint density at radius 2 is 2.14 bits per heavy atom. The van der Waals surface area contributed by atoms with E-state index in [1.807, 2.05) is 17.2 Å². The van der Waals surface area contributed by atoms with Gasteiger partial charge in [-0.15, -0.1) is 0 Å². The van der Waals surface area contributed by atoms with Gasteiger partial charge in [0.1, 0.15) is 11.5 Å². The highest BCUT2D eigenvalue weighted by Crippen LogP contribution is 2.57. The van der Waals surface area contributed by atoms with Gasteiger partial charge in [0.05, 0.1) is 6.20 Å². The summed E-state index contributed by atoms with van der Waals surface area (Å²) >= 11 is 0. The van der Waals surface area contributed by atoms with Gasteiger partial charge in [0.2, 0.25) is 5.91 Å². The lowest BCUT2D eigenvalue weighted by Crippen LogP contribution is -2.39. The Kier molecular flexibility index (Phi) is 3.92. The number of halogens is 1. The van der Waals surface area contributed by atoms with Crippen molar-refractivity contribution < 1.29 is 9.18 Å². The summed E-state index contributed by atoms with van der Waals surface area (Å²) in [6.07, 6.45) is 4.69. The van der Waals surface area contributed by atoms with Crippen molar-refractivity contribution in [3.05, 3.63) is 47.5 Å². The third kappa shape index (κ3) is 2.85. The predicted octanol–water partition coefficient (Wildman–Crippen LogP) is 2.92. The fourth-order valence-corrected chi connectivity index (χ4v) is 5.15. The third-order valence-electron chi connectivity index (χ3n) is 6.74. The number of carbonyl (C=O) groups excluding carboxylic acids is 1. The maximum absolute atomic E-state index is 14.4. The molecule has 6 heteroatoms. The third-order valence-corrected chi connectivity index (χ3v) is 6.74. The van der Waals surface area contributed by atoms with Gasteiger partial charge in [-0.05, 0) is 48.8 Å². The summed E-state index contributed by atoms with van der Waals surface area (Å²) in [7, 11) is 0. The van der Waals surface area contributed by atoms with Crippen LogP contribution < -0.4 is 5.32 Å². The molecule has 0 radical (unpaired) electrons. The largest absolute Gasteiger partial charge is 0.337 e. The lowest BCUT2D eigenvalue weighted by molar-refractivity contribution is -0.135. The molecular weight excluding hydrogens is 355 g/mol. The summed E-state index contributed by atoms with van der Waals surface area (Å²) in [5.41, 5.74) is 2.62. The minimum absolute atomic E-state index is 0.0973. The number of nitrogens with one attached hydrogen (secondary N) is 1. The molecule has 1 saturated heterocycles. The van der Waals surface area contributed by atoms with Crippen LogP contribution in [0.15, 0.2) is 30.5 Å². The van der Waals surface area contributed by atoms with Crippen LogP contribution in [0, 0.1) is 22.6 Å². The van der Waals surface area contributed by atoms with E-state index in [0.717, 1.165) is 50.2 Å². The smallest absolute Gasteiger partial charge is 0.226 e. The molecule has 0 bridgehead atoms. The Bertz CT molecular complexity index is 928. The molecule has 28 heavy (non-hydrogen) atoms. The molecule has 2 atom stereocenters. The number of benzene rings is 1. The fraction of sp³-hybridized carbons (Fsp3) is 0.545. The van der Waals surface area contributed by atoms with E-state index in [2.05, 4.69) is 24.3 Å². The van der Waals surface area contributed by atoms with Gasteiger partial charge in [-0.25, -0.2) is 9.07 Å². The van der Waals surface area contributed by atoms with Crippen LogP contribution in [-0.4, -0.2) is 40.2 Å². The van der Waals surface area contributed by atoms with Gasteiger partial charge in [0.25, 0.3) is 0 Å². The molecule has 1 aromatic carbocycles. The summed E-state index contributed by atoms with van der Waals surface area (Å²) in [6, 6.07) is 6.73. The van der Waals surface area contributed by atoms with Gasteiger partial charge in [-0.2, -0.15) is 5.10 Å². The lowest BCUT2D eigenvalue weighted by atomic mass is 9.87. The Morgan fingerprint density at radius 3 is 2.89 bits per heavy atom. The topological polar surface area (TPSA) is 50.2 Å². The summed E-state index contributed by atoms with van der Waals surface area (Å²) in [6.45, 7) is 7.64. The first-order valence-corrected chi connectivity index (χ1v) is 10.2. The van der Waals surface area contributed by atoms with Crippen molar-refractivity contribution in [3.63, 3.8) is 0 Å². The number of fused-ring (bicyclic) bond motifs is 1. The Morgan fingerprint density at radius 1 is 1.32 bits per heavy atom. The van der Waals surface area contributed by atoms with Crippen molar-refractivity contribution in [2.24, 2.45) is 16.7 Å². The molecule has 2 unspecified atom stereocenters. The maximum atomic E-state index is 14.4. The van der Waals surface area contributed by atoms with Crippen LogP contribution in [0.25, 0.3) is 5.69 Å². The van der Waals surface area contributed by atoms with E-state index >= 15 is 0 Å². The van der Waals surface area contributed by atoms with Crippen LogP contribution in [0.5, 0.6) is 0 Å². The number of hydrogen-bond donors (Lipinski definition) is 1. The fourth-order valence-electron chi connectivity index (χ4n) is 5.15. The van der Waals surface area contributed by atoms with Gasteiger partial charge in [0, 0.05) is 36.8 Å². The summed E-state index contributed by atoms with van der Waals surface area (Å²) < 4.78 is 16.1. The second-order valence-electron chi connectivity index (χ2n) is 9.56. The molecule has 1 saturated carbocycles. The highest BCUT2D eigenvalue weighted by atomic mass is 19.1. The van der Waals surface area contributed by atoms with E-state index in [1.54, 1.807) is 16.8 Å². The first-order chi connectivity index (χ1) is 13.4. The van der Waals surface area contributed by atoms with Crippen molar-refractivity contribution in [1.82, 2.24) is 20.0 Å². The molecule has 5 nitrogen and oxygen atoms in total. The molecule has 3 heterocycles. The average Bonchev–Trinajstić information content (AvgIpc) is 2.97. The van der Waals surface area contributed by atoms with Crippen LogP contribution in [0.3, 0.4) is 0 Å². The number of hydrogen-bond acceptors (Lipinski definition) is 3. The monoisotopic (exact) mass is 382 g/mol. The maximum Gasteiger partial charge on any atom is 0.226 e. The second kappa shape index (κ2) is 6.14. The minimum atomic E-state index is -0.281. The van der Waals surface area contributed by atoms with Gasteiger partial charge < -0.3 is 10.2 Å². The van der Waals surface area contributed by atoms with Gasteiger partial charge in [-0.1, -0.05) is 26.0 Å². The van der Waals surface area contributed by atoms with E-state index in [4.69, 9.17) is 0 Å². The molecule has 148 valence electrons. The van der Waals surface area contributed by atoms with Crippen molar-refractivity contribution in [2.75, 3.05) is 19.6 Å². The molecule has 1 aliphatic carbocycles. The minimum Gasteiger partial charge on any atom is -0.337 e. The number of carbonyl (C=O) groups is 1. The highest BCUT2D eigenvalue weighted by molar-refractivity contribution is 5.83. The Labute approximate surface area is 164 Å². The molecule has 2 aliphatic heterocycles. The molecule has 1 aromatic heterocycles. The van der Waals surface area contributed by atoms with E-state index in [1.165, 1.54) is 6.07 Å². The van der Waals surface area contributed by atoms with Crippen LogP contribution in [0.1, 0.15) is 37.9 Å². The Hall–Kier alpha value is -2.21. The quantitative estimate of drug-likeness (QED) is 0.869. The van der Waals surface area contributed by atoms with Crippen LogP contribution in [0.4, 0.5) is 4.39 Å². The van der Waals surface area contributed by atoms with Crippen molar-refractivity contribution in [3.8, 4) is 5.69 Å². The number of aromatic nitrogens is 2. The molecule has 2 fully saturated rings. The highest BCUT2D eigenvalue weighted by Gasteiger charge is 2.60. The summed E-state index contributed by atoms with van der Waals surface area (Å²) in [5, 5.41) is 7.90. The van der Waals surface area contributed by atoms with Crippen LogP contribution >= 0.6 is 0 Å². The number of nitrogens with zero attached hydrogens (tertiary/aromatic N) is 3. The number of amides is 1. The molecule has 1 N–H and O–H groups in total. The molecule has 5 rings (SSSR count). The van der Waals surface area contributed by atoms with Crippen LogP contribution in [-0.2, 0) is 17.8 Å². The van der Waals surface area contributed by atoms with E-state index < -0.39 is 0 Å². The van der Waals surface area contributed by atoms with E-state index in [-0.39, 0.29) is 28.5 Å². The van der Waals surface area contributed by atoms with Crippen molar-refractivity contribution >= 4 is 5.91 Å². The van der Waals surface area contributed by atoms with Crippen molar-refractivity contribution in [2.45, 2.75) is 39.7 Å². The van der Waals surface area contributed by atoms with E-state index in [0.29, 0.717) is 12.2 Å². The number of rotatable bonds is 2. The normalized spacial score (nSPS) is 28.2. The SMILES string of the molecule is CC1(C)Cc2c(cnn2-c2ccccc2F)CN(C(=O)C2CC23CCNC3)C1. The standard InChI is InChI=1S/C22H27FN4O/c1-21(2)10-19-15(11-25-27(19)18-6-4-3-5-17(18)23)12-26(14-21)20(28)16-9-22(16)7-8-24-13-22/h3-6,11,16,24H,7-10,12-14H2,1-2H3. The molecule has 1 amide bonds. The summed E-state index contributed by atoms with van der Waals surface area (Å²) in [5.74, 6) is 0.154. The average molecular weight is 382 g/mol.